The van der Waals surface area contributed by atoms with E-state index in [4.69, 9.17) is 5.26 Å². The summed E-state index contributed by atoms with van der Waals surface area (Å²) in [4.78, 5) is 0. The van der Waals surface area contributed by atoms with E-state index >= 15 is 0 Å². The predicted octanol–water partition coefficient (Wildman–Crippen LogP) is 1.88. The molecular formula is C10H24N2O. The Labute approximate surface area is 82.5 Å². The van der Waals surface area contributed by atoms with Gasteiger partial charge in [-0.25, -0.2) is 0 Å². The molecule has 3 heteroatoms. The normalized spacial score (nSPS) is 7.54. The zero-order chi connectivity index (χ0) is 9.66. The minimum atomic E-state index is 0. The molecule has 0 saturated carbocycles. The highest BCUT2D eigenvalue weighted by molar-refractivity contribution is 4.51. The smallest absolute Gasteiger partial charge is 0.0587 e. The Morgan fingerprint density at radius 3 is 1.62 bits per heavy atom. The number of rotatable bonds is 6. The fraction of sp³-hybridized carbons (Fsp3) is 0.900. The SMILES string of the molecule is CC#N.CCCCNCCCC.O. The van der Waals surface area contributed by atoms with E-state index in [1.54, 1.807) is 6.07 Å². The van der Waals surface area contributed by atoms with Crippen molar-refractivity contribution in [3.63, 3.8) is 0 Å². The van der Waals surface area contributed by atoms with Crippen molar-refractivity contribution in [1.29, 1.82) is 5.26 Å². The lowest BCUT2D eigenvalue weighted by Crippen LogP contribution is -2.15. The quantitative estimate of drug-likeness (QED) is 0.647. The van der Waals surface area contributed by atoms with Crippen LogP contribution in [0.15, 0.2) is 0 Å². The topological polar surface area (TPSA) is 67.3 Å². The molecule has 80 valence electrons. The Morgan fingerprint density at radius 2 is 1.38 bits per heavy atom. The van der Waals surface area contributed by atoms with Gasteiger partial charge in [0.25, 0.3) is 0 Å². The molecule has 3 N–H and O–H groups in total. The molecule has 0 aromatic heterocycles. The van der Waals surface area contributed by atoms with Gasteiger partial charge in [0.2, 0.25) is 0 Å². The number of hydrogen-bond acceptors (Lipinski definition) is 2. The van der Waals surface area contributed by atoms with E-state index in [1.807, 2.05) is 0 Å². The summed E-state index contributed by atoms with van der Waals surface area (Å²) in [5.41, 5.74) is 0. The van der Waals surface area contributed by atoms with E-state index in [9.17, 15) is 0 Å². The van der Waals surface area contributed by atoms with Crippen LogP contribution in [-0.4, -0.2) is 18.6 Å². The Bertz CT molecular complexity index is 93.6. The van der Waals surface area contributed by atoms with Gasteiger partial charge in [0.05, 0.1) is 6.07 Å². The zero-order valence-electron chi connectivity index (χ0n) is 9.19. The van der Waals surface area contributed by atoms with Crippen molar-refractivity contribution >= 4 is 0 Å². The maximum atomic E-state index is 7.32. The van der Waals surface area contributed by atoms with E-state index < -0.39 is 0 Å². The van der Waals surface area contributed by atoms with Crippen molar-refractivity contribution in [2.24, 2.45) is 0 Å². The Morgan fingerprint density at radius 1 is 1.08 bits per heavy atom. The molecule has 0 aliphatic heterocycles. The number of nitriles is 1. The van der Waals surface area contributed by atoms with Crippen molar-refractivity contribution in [3.8, 4) is 6.07 Å². The number of hydrogen-bond donors (Lipinski definition) is 1. The molecule has 0 aliphatic carbocycles. The highest BCUT2D eigenvalue weighted by atomic mass is 16.0. The minimum Gasteiger partial charge on any atom is -0.412 e. The van der Waals surface area contributed by atoms with E-state index in [-0.39, 0.29) is 5.48 Å². The summed E-state index contributed by atoms with van der Waals surface area (Å²) in [6.45, 7) is 8.29. The van der Waals surface area contributed by atoms with Crippen LogP contribution in [0.25, 0.3) is 0 Å². The maximum absolute atomic E-state index is 7.32. The molecule has 0 spiro atoms. The standard InChI is InChI=1S/C8H19N.C2H3N.H2O/c1-3-5-7-9-8-6-4-2;1-2-3;/h9H,3-8H2,1-2H3;1H3;1H2. The average Bonchev–Trinajstić information content (AvgIpc) is 2.06. The van der Waals surface area contributed by atoms with Crippen LogP contribution in [0.1, 0.15) is 46.5 Å². The van der Waals surface area contributed by atoms with E-state index in [0.29, 0.717) is 0 Å². The predicted molar refractivity (Wildman–Crippen MR) is 57.6 cm³/mol. The molecule has 0 heterocycles. The molecule has 0 rings (SSSR count). The summed E-state index contributed by atoms with van der Waals surface area (Å²) >= 11 is 0. The monoisotopic (exact) mass is 188 g/mol. The van der Waals surface area contributed by atoms with Crippen molar-refractivity contribution in [2.75, 3.05) is 13.1 Å². The van der Waals surface area contributed by atoms with Gasteiger partial charge in [-0.3, -0.25) is 0 Å². The van der Waals surface area contributed by atoms with Gasteiger partial charge in [0, 0.05) is 6.92 Å². The lowest BCUT2D eigenvalue weighted by Gasteiger charge is -1.99. The first-order chi connectivity index (χ1) is 5.83. The molecule has 0 aromatic rings. The second-order valence-corrected chi connectivity index (χ2v) is 2.68. The first-order valence-electron chi connectivity index (χ1n) is 4.84. The summed E-state index contributed by atoms with van der Waals surface area (Å²) in [7, 11) is 0. The molecule has 0 fully saturated rings. The fourth-order valence-corrected chi connectivity index (χ4v) is 0.729. The van der Waals surface area contributed by atoms with Crippen LogP contribution in [0.2, 0.25) is 0 Å². The second-order valence-electron chi connectivity index (χ2n) is 2.68. The molecule has 0 atom stereocenters. The maximum Gasteiger partial charge on any atom is 0.0587 e. The van der Waals surface area contributed by atoms with E-state index in [1.165, 1.54) is 45.7 Å². The average molecular weight is 188 g/mol. The van der Waals surface area contributed by atoms with Crippen molar-refractivity contribution in [3.05, 3.63) is 0 Å². The largest absolute Gasteiger partial charge is 0.412 e. The third-order valence-corrected chi connectivity index (χ3v) is 1.41. The van der Waals surface area contributed by atoms with Gasteiger partial charge < -0.3 is 10.8 Å². The van der Waals surface area contributed by atoms with Crippen LogP contribution in [0.5, 0.6) is 0 Å². The van der Waals surface area contributed by atoms with Gasteiger partial charge in [0.15, 0.2) is 0 Å². The first-order valence-corrected chi connectivity index (χ1v) is 4.84. The third kappa shape index (κ3) is 34.5. The Kier molecular flexibility index (Phi) is 31.6. The van der Waals surface area contributed by atoms with Gasteiger partial charge in [-0.2, -0.15) is 5.26 Å². The van der Waals surface area contributed by atoms with Crippen LogP contribution in [-0.2, 0) is 0 Å². The van der Waals surface area contributed by atoms with Gasteiger partial charge in [0.1, 0.15) is 0 Å². The van der Waals surface area contributed by atoms with Gasteiger partial charge in [-0.05, 0) is 25.9 Å². The number of nitrogens with one attached hydrogen (secondary N) is 1. The Hall–Kier alpha value is -0.590. The lowest BCUT2D eigenvalue weighted by atomic mass is 10.3. The zero-order valence-corrected chi connectivity index (χ0v) is 9.19. The molecular weight excluding hydrogens is 164 g/mol. The second kappa shape index (κ2) is 22.5. The molecule has 0 amide bonds. The van der Waals surface area contributed by atoms with Crippen LogP contribution in [0.3, 0.4) is 0 Å². The van der Waals surface area contributed by atoms with Crippen LogP contribution in [0, 0.1) is 11.3 Å². The van der Waals surface area contributed by atoms with Crippen molar-refractivity contribution in [2.45, 2.75) is 46.5 Å². The molecule has 0 unspecified atom stereocenters. The van der Waals surface area contributed by atoms with Crippen LogP contribution < -0.4 is 5.32 Å². The summed E-state index contributed by atoms with van der Waals surface area (Å²) < 4.78 is 0. The molecule has 13 heavy (non-hydrogen) atoms. The highest BCUT2D eigenvalue weighted by Crippen LogP contribution is 1.85. The van der Waals surface area contributed by atoms with E-state index in [0.717, 1.165) is 0 Å². The van der Waals surface area contributed by atoms with Crippen LogP contribution >= 0.6 is 0 Å². The lowest BCUT2D eigenvalue weighted by molar-refractivity contribution is 0.611. The van der Waals surface area contributed by atoms with Crippen LogP contribution in [0.4, 0.5) is 0 Å². The molecule has 0 aliphatic rings. The highest BCUT2D eigenvalue weighted by Gasteiger charge is 1.83. The van der Waals surface area contributed by atoms with Gasteiger partial charge in [-0.1, -0.05) is 26.7 Å². The molecule has 0 bridgehead atoms. The summed E-state index contributed by atoms with van der Waals surface area (Å²) in [6, 6.07) is 1.75. The van der Waals surface area contributed by atoms with Gasteiger partial charge >= 0.3 is 0 Å². The molecule has 0 aromatic carbocycles. The summed E-state index contributed by atoms with van der Waals surface area (Å²) in [5.74, 6) is 0. The Balaban J connectivity index is -0.000000220. The first kappa shape index (κ1) is 18.2. The number of unbranched alkanes of at least 4 members (excludes halogenated alkanes) is 2. The fourth-order valence-electron chi connectivity index (χ4n) is 0.729. The molecule has 0 saturated heterocycles. The summed E-state index contributed by atoms with van der Waals surface area (Å²) in [5, 5.41) is 10.7. The van der Waals surface area contributed by atoms with Gasteiger partial charge in [-0.15, -0.1) is 0 Å². The van der Waals surface area contributed by atoms with Crippen molar-refractivity contribution < 1.29 is 5.48 Å². The van der Waals surface area contributed by atoms with E-state index in [2.05, 4.69) is 19.2 Å². The molecule has 0 radical (unpaired) electrons. The van der Waals surface area contributed by atoms with Crippen molar-refractivity contribution in [1.82, 2.24) is 5.32 Å². The minimum absolute atomic E-state index is 0. The molecule has 3 nitrogen and oxygen atoms in total. The number of nitrogens with zero attached hydrogens (tertiary/aromatic N) is 1. The third-order valence-electron chi connectivity index (χ3n) is 1.41. The summed E-state index contributed by atoms with van der Waals surface area (Å²) in [6.07, 6.45) is 5.26.